The number of hydrogen-bond acceptors (Lipinski definition) is 2. The summed E-state index contributed by atoms with van der Waals surface area (Å²) in [6, 6.07) is 7.85. The minimum atomic E-state index is -0.105. The van der Waals surface area contributed by atoms with Gasteiger partial charge in [-0.2, -0.15) is 0 Å². The topological polar surface area (TPSA) is 55.1 Å². The minimum Gasteiger partial charge on any atom is -0.327 e. The predicted molar refractivity (Wildman–Crippen MR) is 90.4 cm³/mol. The SMILES string of the molecule is CC(C)(C)CC(N)CC(=O)Nc1ccccc1C(C)(C)C. The van der Waals surface area contributed by atoms with Gasteiger partial charge in [-0.3, -0.25) is 4.79 Å². The van der Waals surface area contributed by atoms with E-state index < -0.39 is 0 Å². The molecule has 0 aliphatic heterocycles. The van der Waals surface area contributed by atoms with Crippen molar-refractivity contribution in [3.05, 3.63) is 29.8 Å². The summed E-state index contributed by atoms with van der Waals surface area (Å²) in [5.41, 5.74) is 8.25. The van der Waals surface area contributed by atoms with E-state index in [1.165, 1.54) is 0 Å². The van der Waals surface area contributed by atoms with Crippen LogP contribution in [0.25, 0.3) is 0 Å². The van der Waals surface area contributed by atoms with E-state index in [0.29, 0.717) is 6.42 Å². The molecule has 1 aromatic carbocycles. The fourth-order valence-corrected chi connectivity index (χ4v) is 2.54. The molecule has 0 saturated carbocycles. The van der Waals surface area contributed by atoms with Gasteiger partial charge in [0.2, 0.25) is 5.91 Å². The van der Waals surface area contributed by atoms with Gasteiger partial charge in [-0.05, 0) is 28.9 Å². The van der Waals surface area contributed by atoms with Crippen LogP contribution >= 0.6 is 0 Å². The Hall–Kier alpha value is -1.35. The second-order valence-corrected chi connectivity index (χ2v) is 8.07. The van der Waals surface area contributed by atoms with Crippen molar-refractivity contribution in [1.82, 2.24) is 0 Å². The van der Waals surface area contributed by atoms with E-state index in [4.69, 9.17) is 5.73 Å². The Kier molecular flexibility index (Phi) is 5.57. The van der Waals surface area contributed by atoms with Gasteiger partial charge in [0.05, 0.1) is 0 Å². The molecule has 1 amide bonds. The van der Waals surface area contributed by atoms with Gasteiger partial charge in [-0.15, -0.1) is 0 Å². The van der Waals surface area contributed by atoms with Crippen LogP contribution < -0.4 is 11.1 Å². The van der Waals surface area contributed by atoms with E-state index in [1.807, 2.05) is 18.2 Å². The highest BCUT2D eigenvalue weighted by atomic mass is 16.1. The largest absolute Gasteiger partial charge is 0.327 e. The van der Waals surface area contributed by atoms with Crippen molar-refractivity contribution in [3.63, 3.8) is 0 Å². The second kappa shape index (κ2) is 6.61. The molecule has 0 spiro atoms. The summed E-state index contributed by atoms with van der Waals surface area (Å²) >= 11 is 0. The lowest BCUT2D eigenvalue weighted by atomic mass is 9.85. The zero-order valence-electron chi connectivity index (χ0n) is 14.3. The maximum atomic E-state index is 12.2. The molecule has 0 bridgehead atoms. The summed E-state index contributed by atoms with van der Waals surface area (Å²) in [6.07, 6.45) is 1.19. The summed E-state index contributed by atoms with van der Waals surface area (Å²) in [5, 5.41) is 3.01. The standard InChI is InChI=1S/C18H30N2O/c1-17(2,3)12-13(19)11-16(21)20-15-10-8-7-9-14(15)18(4,5)6/h7-10,13H,11-12,19H2,1-6H3,(H,20,21). The molecule has 118 valence electrons. The Bertz CT molecular complexity index is 481. The number of anilines is 1. The third kappa shape index (κ3) is 6.30. The second-order valence-electron chi connectivity index (χ2n) is 8.07. The number of benzene rings is 1. The van der Waals surface area contributed by atoms with E-state index >= 15 is 0 Å². The number of nitrogens with one attached hydrogen (secondary N) is 1. The Balaban J connectivity index is 2.72. The highest BCUT2D eigenvalue weighted by Crippen LogP contribution is 2.29. The predicted octanol–water partition coefficient (Wildman–Crippen LogP) is 4.08. The van der Waals surface area contributed by atoms with Crippen LogP contribution in [0.15, 0.2) is 24.3 Å². The fourth-order valence-electron chi connectivity index (χ4n) is 2.54. The van der Waals surface area contributed by atoms with Gasteiger partial charge in [0.15, 0.2) is 0 Å². The van der Waals surface area contributed by atoms with Crippen LogP contribution in [-0.2, 0) is 10.2 Å². The van der Waals surface area contributed by atoms with Crippen LogP contribution in [0.5, 0.6) is 0 Å². The zero-order valence-corrected chi connectivity index (χ0v) is 14.3. The normalized spacial score (nSPS) is 13.9. The van der Waals surface area contributed by atoms with Crippen LogP contribution in [0, 0.1) is 5.41 Å². The Morgan fingerprint density at radius 1 is 1.14 bits per heavy atom. The first-order valence-corrected chi connectivity index (χ1v) is 7.64. The number of nitrogens with two attached hydrogens (primary N) is 1. The van der Waals surface area contributed by atoms with Gasteiger partial charge in [0, 0.05) is 18.2 Å². The van der Waals surface area contributed by atoms with Crippen molar-refractivity contribution >= 4 is 11.6 Å². The lowest BCUT2D eigenvalue weighted by Crippen LogP contribution is -2.31. The number of rotatable bonds is 4. The molecule has 1 atom stereocenters. The average molecular weight is 290 g/mol. The lowest BCUT2D eigenvalue weighted by Gasteiger charge is -2.24. The number of carbonyl (C=O) groups is 1. The number of hydrogen-bond donors (Lipinski definition) is 2. The minimum absolute atomic E-state index is 0.00258. The Morgan fingerprint density at radius 2 is 1.71 bits per heavy atom. The Labute approximate surface area is 129 Å². The third-order valence-electron chi connectivity index (χ3n) is 3.33. The van der Waals surface area contributed by atoms with Gasteiger partial charge < -0.3 is 11.1 Å². The first-order chi connectivity index (χ1) is 9.49. The molecule has 1 unspecified atom stereocenters. The van der Waals surface area contributed by atoms with Gasteiger partial charge >= 0.3 is 0 Å². The number of carbonyl (C=O) groups excluding carboxylic acids is 1. The summed E-state index contributed by atoms with van der Waals surface area (Å²) < 4.78 is 0. The first-order valence-electron chi connectivity index (χ1n) is 7.64. The smallest absolute Gasteiger partial charge is 0.225 e. The summed E-state index contributed by atoms with van der Waals surface area (Å²) in [6.45, 7) is 12.8. The van der Waals surface area contributed by atoms with Crippen molar-refractivity contribution < 1.29 is 4.79 Å². The fraction of sp³-hybridized carbons (Fsp3) is 0.611. The van der Waals surface area contributed by atoms with Crippen LogP contribution in [0.2, 0.25) is 0 Å². The molecule has 21 heavy (non-hydrogen) atoms. The molecule has 0 heterocycles. The summed E-state index contributed by atoms with van der Waals surface area (Å²) in [7, 11) is 0. The van der Waals surface area contributed by atoms with Crippen molar-refractivity contribution in [2.24, 2.45) is 11.1 Å². The third-order valence-corrected chi connectivity index (χ3v) is 3.33. The quantitative estimate of drug-likeness (QED) is 0.878. The number of para-hydroxylation sites is 1. The highest BCUT2D eigenvalue weighted by molar-refractivity contribution is 5.92. The van der Waals surface area contributed by atoms with E-state index in [9.17, 15) is 4.79 Å². The molecule has 0 aromatic heterocycles. The zero-order chi connectivity index (χ0) is 16.3. The molecule has 0 aliphatic rings. The highest BCUT2D eigenvalue weighted by Gasteiger charge is 2.21. The molecule has 0 radical (unpaired) electrons. The lowest BCUT2D eigenvalue weighted by molar-refractivity contribution is -0.116. The first kappa shape index (κ1) is 17.7. The van der Waals surface area contributed by atoms with Crippen LogP contribution in [0.4, 0.5) is 5.69 Å². The molecule has 1 aromatic rings. The average Bonchev–Trinajstić information content (AvgIpc) is 2.24. The molecule has 0 fully saturated rings. The molecule has 1 rings (SSSR count). The van der Waals surface area contributed by atoms with Crippen molar-refractivity contribution in [1.29, 1.82) is 0 Å². The van der Waals surface area contributed by atoms with Crippen molar-refractivity contribution in [2.45, 2.75) is 65.8 Å². The van der Waals surface area contributed by atoms with Gasteiger partial charge in [0.25, 0.3) is 0 Å². The van der Waals surface area contributed by atoms with Gasteiger partial charge in [-0.1, -0.05) is 59.7 Å². The molecular formula is C18H30N2O. The molecule has 0 aliphatic carbocycles. The molecule has 3 N–H and O–H groups in total. The maximum Gasteiger partial charge on any atom is 0.225 e. The monoisotopic (exact) mass is 290 g/mol. The van der Waals surface area contributed by atoms with Crippen LogP contribution in [0.3, 0.4) is 0 Å². The molecule has 0 saturated heterocycles. The summed E-state index contributed by atoms with van der Waals surface area (Å²) in [5.74, 6) is -0.0107. The molecule has 3 heteroatoms. The van der Waals surface area contributed by atoms with Gasteiger partial charge in [-0.25, -0.2) is 0 Å². The van der Waals surface area contributed by atoms with E-state index in [2.05, 4.69) is 52.9 Å². The van der Waals surface area contributed by atoms with Crippen LogP contribution in [-0.4, -0.2) is 11.9 Å². The van der Waals surface area contributed by atoms with Crippen molar-refractivity contribution in [2.75, 3.05) is 5.32 Å². The molecule has 3 nitrogen and oxygen atoms in total. The van der Waals surface area contributed by atoms with E-state index in [-0.39, 0.29) is 22.8 Å². The Morgan fingerprint density at radius 3 is 2.24 bits per heavy atom. The molecular weight excluding hydrogens is 260 g/mol. The summed E-state index contributed by atoms with van der Waals surface area (Å²) in [4.78, 5) is 12.2. The maximum absolute atomic E-state index is 12.2. The van der Waals surface area contributed by atoms with E-state index in [1.54, 1.807) is 0 Å². The van der Waals surface area contributed by atoms with Crippen LogP contribution in [0.1, 0.15) is 59.9 Å². The number of amides is 1. The van der Waals surface area contributed by atoms with E-state index in [0.717, 1.165) is 17.7 Å². The van der Waals surface area contributed by atoms with Gasteiger partial charge in [0.1, 0.15) is 0 Å². The van der Waals surface area contributed by atoms with Crippen molar-refractivity contribution in [3.8, 4) is 0 Å².